The maximum Gasteiger partial charge on any atom is 0.103 e. The summed E-state index contributed by atoms with van der Waals surface area (Å²) >= 11 is 3.90. The molecule has 2 nitrogen and oxygen atoms in total. The van der Waals surface area contributed by atoms with Crippen LogP contribution in [-0.4, -0.2) is 16.3 Å². The molecule has 17 heavy (non-hydrogen) atoms. The average molecular weight is 270 g/mol. The highest BCUT2D eigenvalue weighted by Crippen LogP contribution is 2.26. The second-order valence-corrected chi connectivity index (χ2v) is 7.40. The lowest BCUT2D eigenvalue weighted by molar-refractivity contribution is 0.691. The number of nitrogens with one attached hydrogen (secondary N) is 1. The van der Waals surface area contributed by atoms with E-state index in [1.54, 1.807) is 0 Å². The van der Waals surface area contributed by atoms with Gasteiger partial charge in [-0.25, -0.2) is 4.98 Å². The van der Waals surface area contributed by atoms with Crippen LogP contribution in [0.15, 0.2) is 0 Å². The molecule has 1 N–H and O–H groups in total. The molecule has 1 saturated carbocycles. The van der Waals surface area contributed by atoms with Gasteiger partial charge in [0, 0.05) is 28.5 Å². The Morgan fingerprint density at radius 1 is 1.53 bits per heavy atom. The summed E-state index contributed by atoms with van der Waals surface area (Å²) in [5.41, 5.74) is 1.22. The molecular weight excluding hydrogens is 248 g/mol. The molecule has 1 aliphatic carbocycles. The molecule has 4 heteroatoms. The summed E-state index contributed by atoms with van der Waals surface area (Å²) in [5.74, 6) is 1.07. The third-order valence-corrected chi connectivity index (χ3v) is 5.81. The lowest BCUT2D eigenvalue weighted by Gasteiger charge is -2.05. The molecule has 0 aromatic carbocycles. The Kier molecular flexibility index (Phi) is 4.88. The zero-order valence-electron chi connectivity index (χ0n) is 11.0. The van der Waals surface area contributed by atoms with Gasteiger partial charge in [0.25, 0.3) is 0 Å². The van der Waals surface area contributed by atoms with Crippen molar-refractivity contribution in [1.82, 2.24) is 10.3 Å². The number of nitrogens with zero attached hydrogens (tertiary/aromatic N) is 1. The van der Waals surface area contributed by atoms with Crippen LogP contribution >= 0.6 is 23.1 Å². The highest BCUT2D eigenvalue weighted by molar-refractivity contribution is 7.99. The van der Waals surface area contributed by atoms with Gasteiger partial charge in [0.1, 0.15) is 5.01 Å². The molecule has 0 saturated heterocycles. The lowest BCUT2D eigenvalue weighted by Crippen LogP contribution is -2.14. The van der Waals surface area contributed by atoms with Crippen molar-refractivity contribution in [3.8, 4) is 0 Å². The summed E-state index contributed by atoms with van der Waals surface area (Å²) in [7, 11) is 0. The van der Waals surface area contributed by atoms with Gasteiger partial charge in [0.05, 0.1) is 5.69 Å². The normalized spacial score (nSPS) is 17.4. The molecule has 1 fully saturated rings. The highest BCUT2D eigenvalue weighted by atomic mass is 32.2. The van der Waals surface area contributed by atoms with Crippen LogP contribution in [0.25, 0.3) is 0 Å². The van der Waals surface area contributed by atoms with Crippen molar-refractivity contribution < 1.29 is 0 Å². The Morgan fingerprint density at radius 2 is 2.29 bits per heavy atom. The fourth-order valence-corrected chi connectivity index (χ4v) is 3.55. The quantitative estimate of drug-likeness (QED) is 0.817. The SMILES string of the molecule is CCC(C)SCc1nc(C)c(CNC2CC2)s1. The van der Waals surface area contributed by atoms with Gasteiger partial charge in [-0.15, -0.1) is 11.3 Å². The molecule has 96 valence electrons. The van der Waals surface area contributed by atoms with Gasteiger partial charge >= 0.3 is 0 Å². The van der Waals surface area contributed by atoms with Gasteiger partial charge in [0.15, 0.2) is 0 Å². The third-order valence-electron chi connectivity index (χ3n) is 3.13. The smallest absolute Gasteiger partial charge is 0.103 e. The molecule has 0 radical (unpaired) electrons. The largest absolute Gasteiger partial charge is 0.309 e. The predicted octanol–water partition coefficient (Wildman–Crippen LogP) is 3.74. The van der Waals surface area contributed by atoms with Gasteiger partial charge in [-0.2, -0.15) is 11.8 Å². The molecule has 1 heterocycles. The molecule has 1 aliphatic rings. The van der Waals surface area contributed by atoms with Crippen LogP contribution in [-0.2, 0) is 12.3 Å². The van der Waals surface area contributed by atoms with E-state index in [9.17, 15) is 0 Å². The second-order valence-electron chi connectivity index (χ2n) is 4.80. The topological polar surface area (TPSA) is 24.9 Å². The molecule has 0 aliphatic heterocycles. The van der Waals surface area contributed by atoms with Crippen molar-refractivity contribution in [3.05, 3.63) is 15.6 Å². The number of hydrogen-bond donors (Lipinski definition) is 1. The van der Waals surface area contributed by atoms with Crippen molar-refractivity contribution >= 4 is 23.1 Å². The molecule has 0 amide bonds. The Morgan fingerprint density at radius 3 is 2.94 bits per heavy atom. The Balaban J connectivity index is 1.83. The molecule has 0 spiro atoms. The van der Waals surface area contributed by atoms with Crippen LogP contribution in [0.4, 0.5) is 0 Å². The van der Waals surface area contributed by atoms with Crippen molar-refractivity contribution in [3.63, 3.8) is 0 Å². The summed E-state index contributed by atoms with van der Waals surface area (Å²) in [6.45, 7) is 7.69. The average Bonchev–Trinajstić information content (AvgIpc) is 3.08. The Hall–Kier alpha value is -0.0600. The minimum Gasteiger partial charge on any atom is -0.309 e. The van der Waals surface area contributed by atoms with Gasteiger partial charge in [0.2, 0.25) is 0 Å². The van der Waals surface area contributed by atoms with Gasteiger partial charge in [-0.1, -0.05) is 13.8 Å². The first-order chi connectivity index (χ1) is 8.19. The zero-order valence-corrected chi connectivity index (χ0v) is 12.6. The van der Waals surface area contributed by atoms with Crippen molar-refractivity contribution in [2.45, 2.75) is 63.6 Å². The number of thioether (sulfide) groups is 1. The molecule has 0 bridgehead atoms. The van der Waals surface area contributed by atoms with E-state index in [1.165, 1.54) is 34.8 Å². The number of rotatable bonds is 7. The van der Waals surface area contributed by atoms with E-state index in [1.807, 2.05) is 23.1 Å². The predicted molar refractivity (Wildman–Crippen MR) is 77.8 cm³/mol. The van der Waals surface area contributed by atoms with Gasteiger partial charge in [-0.3, -0.25) is 0 Å². The van der Waals surface area contributed by atoms with Gasteiger partial charge in [-0.05, 0) is 26.2 Å². The lowest BCUT2D eigenvalue weighted by atomic mass is 10.4. The van der Waals surface area contributed by atoms with Crippen LogP contribution in [0.1, 0.15) is 48.7 Å². The maximum atomic E-state index is 4.67. The van der Waals surface area contributed by atoms with E-state index in [-0.39, 0.29) is 0 Å². The van der Waals surface area contributed by atoms with Crippen LogP contribution in [0.2, 0.25) is 0 Å². The molecular formula is C13H22N2S2. The molecule has 1 aromatic rings. The van der Waals surface area contributed by atoms with E-state index >= 15 is 0 Å². The molecule has 1 aromatic heterocycles. The first-order valence-electron chi connectivity index (χ1n) is 6.49. The first kappa shape index (κ1) is 13.4. The minimum atomic E-state index is 0.743. The summed E-state index contributed by atoms with van der Waals surface area (Å²) in [6.07, 6.45) is 3.95. The summed E-state index contributed by atoms with van der Waals surface area (Å²) in [6, 6.07) is 0.787. The molecule has 1 unspecified atom stereocenters. The Labute approximate surface area is 113 Å². The zero-order chi connectivity index (χ0) is 12.3. The van der Waals surface area contributed by atoms with E-state index in [0.717, 1.165) is 23.6 Å². The fourth-order valence-electron chi connectivity index (χ4n) is 1.57. The highest BCUT2D eigenvalue weighted by Gasteiger charge is 2.21. The van der Waals surface area contributed by atoms with E-state index in [2.05, 4.69) is 31.1 Å². The van der Waals surface area contributed by atoms with Gasteiger partial charge < -0.3 is 5.32 Å². The molecule has 1 atom stereocenters. The van der Waals surface area contributed by atoms with Crippen LogP contribution in [0.3, 0.4) is 0 Å². The van der Waals surface area contributed by atoms with Crippen molar-refractivity contribution in [2.24, 2.45) is 0 Å². The van der Waals surface area contributed by atoms with E-state index in [0.29, 0.717) is 0 Å². The van der Waals surface area contributed by atoms with Crippen LogP contribution in [0.5, 0.6) is 0 Å². The maximum absolute atomic E-state index is 4.67. The number of hydrogen-bond acceptors (Lipinski definition) is 4. The van der Waals surface area contributed by atoms with Crippen LogP contribution < -0.4 is 5.32 Å². The summed E-state index contributed by atoms with van der Waals surface area (Å²) < 4.78 is 0. The van der Waals surface area contributed by atoms with Crippen molar-refractivity contribution in [2.75, 3.05) is 0 Å². The molecule has 2 rings (SSSR count). The third kappa shape index (κ3) is 4.27. The number of aromatic nitrogens is 1. The standard InChI is InChI=1S/C13H22N2S2/c1-4-9(2)16-8-13-15-10(3)12(17-13)7-14-11-5-6-11/h9,11,14H,4-8H2,1-3H3. The monoisotopic (exact) mass is 270 g/mol. The number of thiazole rings is 1. The second kappa shape index (κ2) is 6.21. The van der Waals surface area contributed by atoms with E-state index in [4.69, 9.17) is 0 Å². The minimum absolute atomic E-state index is 0.743. The Bertz CT molecular complexity index is 358. The summed E-state index contributed by atoms with van der Waals surface area (Å²) in [4.78, 5) is 6.10. The van der Waals surface area contributed by atoms with Crippen LogP contribution in [0, 0.1) is 6.92 Å². The number of aryl methyl sites for hydroxylation is 1. The summed E-state index contributed by atoms with van der Waals surface area (Å²) in [5, 5.41) is 5.60. The van der Waals surface area contributed by atoms with E-state index < -0.39 is 0 Å². The van der Waals surface area contributed by atoms with Crippen molar-refractivity contribution in [1.29, 1.82) is 0 Å². The fraction of sp³-hybridized carbons (Fsp3) is 0.769. The first-order valence-corrected chi connectivity index (χ1v) is 8.35.